The summed E-state index contributed by atoms with van der Waals surface area (Å²) in [6.45, 7) is 9.15. The second-order valence-electron chi connectivity index (χ2n) is 4.23. The Labute approximate surface area is 115 Å². The number of nitrogens with zero attached hydrogens (tertiary/aromatic N) is 2. The molecular weight excluding hydrogens is 242 g/mol. The van der Waals surface area contributed by atoms with Crippen LogP contribution in [0.5, 0.6) is 0 Å². The van der Waals surface area contributed by atoms with E-state index in [0.29, 0.717) is 12.1 Å². The molecule has 19 heavy (non-hydrogen) atoms. The SMILES string of the molecule is CCN(CC)CCNCc1ccc(C(=O)OC)cn1. The van der Waals surface area contributed by atoms with Crippen molar-refractivity contribution in [3.63, 3.8) is 0 Å². The summed E-state index contributed by atoms with van der Waals surface area (Å²) < 4.78 is 4.63. The van der Waals surface area contributed by atoms with E-state index < -0.39 is 0 Å². The lowest BCUT2D eigenvalue weighted by molar-refractivity contribution is 0.0600. The lowest BCUT2D eigenvalue weighted by atomic mass is 10.2. The van der Waals surface area contributed by atoms with Crippen LogP contribution in [0.2, 0.25) is 0 Å². The van der Waals surface area contributed by atoms with Crippen molar-refractivity contribution in [1.82, 2.24) is 15.2 Å². The number of rotatable bonds is 8. The Balaban J connectivity index is 2.32. The van der Waals surface area contributed by atoms with Crippen LogP contribution < -0.4 is 5.32 Å². The Bertz CT molecular complexity index is 375. The molecule has 0 atom stereocenters. The molecule has 0 aliphatic carbocycles. The van der Waals surface area contributed by atoms with Gasteiger partial charge in [0.05, 0.1) is 18.4 Å². The van der Waals surface area contributed by atoms with Gasteiger partial charge in [-0.2, -0.15) is 0 Å². The van der Waals surface area contributed by atoms with Crippen LogP contribution in [-0.4, -0.2) is 49.1 Å². The Kier molecular flexibility index (Phi) is 7.07. The number of nitrogens with one attached hydrogen (secondary N) is 1. The van der Waals surface area contributed by atoms with Gasteiger partial charge in [0.2, 0.25) is 0 Å². The summed E-state index contributed by atoms with van der Waals surface area (Å²) in [6.07, 6.45) is 1.55. The molecular formula is C14H23N3O2. The average molecular weight is 265 g/mol. The van der Waals surface area contributed by atoms with Crippen LogP contribution in [-0.2, 0) is 11.3 Å². The number of methoxy groups -OCH3 is 1. The Morgan fingerprint density at radius 1 is 1.37 bits per heavy atom. The van der Waals surface area contributed by atoms with Gasteiger partial charge in [-0.15, -0.1) is 0 Å². The van der Waals surface area contributed by atoms with Crippen LogP contribution in [0, 0.1) is 0 Å². The number of aromatic nitrogens is 1. The lowest BCUT2D eigenvalue weighted by Crippen LogP contribution is -2.31. The Hall–Kier alpha value is -1.46. The summed E-state index contributed by atoms with van der Waals surface area (Å²) in [7, 11) is 1.37. The van der Waals surface area contributed by atoms with Crippen molar-refractivity contribution in [2.45, 2.75) is 20.4 Å². The number of ether oxygens (including phenoxy) is 1. The van der Waals surface area contributed by atoms with Crippen LogP contribution in [0.1, 0.15) is 29.9 Å². The lowest BCUT2D eigenvalue weighted by Gasteiger charge is -2.17. The van der Waals surface area contributed by atoms with Crippen LogP contribution >= 0.6 is 0 Å². The molecule has 0 fully saturated rings. The van der Waals surface area contributed by atoms with Crippen LogP contribution in [0.15, 0.2) is 18.3 Å². The van der Waals surface area contributed by atoms with E-state index in [1.807, 2.05) is 6.07 Å². The maximum Gasteiger partial charge on any atom is 0.339 e. The number of likely N-dealkylation sites (N-methyl/N-ethyl adjacent to an activating group) is 1. The third-order valence-corrected chi connectivity index (χ3v) is 3.05. The normalized spacial score (nSPS) is 10.7. The zero-order valence-corrected chi connectivity index (χ0v) is 12.0. The van der Waals surface area contributed by atoms with Crippen molar-refractivity contribution in [3.8, 4) is 0 Å². The third kappa shape index (κ3) is 5.36. The summed E-state index contributed by atoms with van der Waals surface area (Å²) in [4.78, 5) is 17.8. The van der Waals surface area contributed by atoms with E-state index >= 15 is 0 Å². The molecule has 1 rings (SSSR count). The third-order valence-electron chi connectivity index (χ3n) is 3.05. The molecule has 0 saturated heterocycles. The van der Waals surface area contributed by atoms with E-state index in [4.69, 9.17) is 0 Å². The number of esters is 1. The van der Waals surface area contributed by atoms with Crippen molar-refractivity contribution >= 4 is 5.97 Å². The summed E-state index contributed by atoms with van der Waals surface area (Å²) in [5, 5.41) is 3.34. The molecule has 0 unspecified atom stereocenters. The van der Waals surface area contributed by atoms with Gasteiger partial charge >= 0.3 is 5.97 Å². The number of carbonyl (C=O) groups is 1. The van der Waals surface area contributed by atoms with E-state index in [9.17, 15) is 4.79 Å². The molecule has 1 heterocycles. The van der Waals surface area contributed by atoms with Gasteiger partial charge in [0.1, 0.15) is 0 Å². The van der Waals surface area contributed by atoms with Gasteiger partial charge in [0.25, 0.3) is 0 Å². The minimum atomic E-state index is -0.353. The van der Waals surface area contributed by atoms with Crippen molar-refractivity contribution in [1.29, 1.82) is 0 Å². The van der Waals surface area contributed by atoms with Gasteiger partial charge in [0, 0.05) is 25.8 Å². The molecule has 1 aromatic heterocycles. The minimum absolute atomic E-state index is 0.353. The van der Waals surface area contributed by atoms with Crippen molar-refractivity contribution in [2.24, 2.45) is 0 Å². The molecule has 0 bridgehead atoms. The zero-order valence-electron chi connectivity index (χ0n) is 12.0. The summed E-state index contributed by atoms with van der Waals surface area (Å²) >= 11 is 0. The fraction of sp³-hybridized carbons (Fsp3) is 0.571. The van der Waals surface area contributed by atoms with Gasteiger partial charge in [-0.25, -0.2) is 4.79 Å². The van der Waals surface area contributed by atoms with Gasteiger partial charge in [-0.05, 0) is 25.2 Å². The van der Waals surface area contributed by atoms with Gasteiger partial charge < -0.3 is 15.0 Å². The molecule has 0 radical (unpaired) electrons. The molecule has 0 saturated carbocycles. The summed E-state index contributed by atoms with van der Waals surface area (Å²) in [5.74, 6) is -0.353. The second kappa shape index (κ2) is 8.61. The van der Waals surface area contributed by atoms with Crippen molar-refractivity contribution in [2.75, 3.05) is 33.3 Å². The highest BCUT2D eigenvalue weighted by Crippen LogP contribution is 2.01. The van der Waals surface area contributed by atoms with E-state index in [1.54, 1.807) is 12.3 Å². The van der Waals surface area contributed by atoms with E-state index in [-0.39, 0.29) is 5.97 Å². The summed E-state index contributed by atoms with van der Waals surface area (Å²) in [6, 6.07) is 3.58. The molecule has 5 nitrogen and oxygen atoms in total. The number of hydrogen-bond acceptors (Lipinski definition) is 5. The number of carbonyl (C=O) groups excluding carboxylic acids is 1. The highest BCUT2D eigenvalue weighted by Gasteiger charge is 2.05. The molecule has 0 aromatic carbocycles. The zero-order chi connectivity index (χ0) is 14.1. The predicted octanol–water partition coefficient (Wildman–Crippen LogP) is 1.30. The predicted molar refractivity (Wildman–Crippen MR) is 75.1 cm³/mol. The molecule has 106 valence electrons. The molecule has 0 aliphatic rings. The van der Waals surface area contributed by atoms with Crippen molar-refractivity contribution < 1.29 is 9.53 Å². The monoisotopic (exact) mass is 265 g/mol. The van der Waals surface area contributed by atoms with E-state index in [1.165, 1.54) is 7.11 Å². The molecule has 0 aliphatic heterocycles. The standard InChI is InChI=1S/C14H23N3O2/c1-4-17(5-2)9-8-15-11-13-7-6-12(10-16-13)14(18)19-3/h6-7,10,15H,4-5,8-9,11H2,1-3H3. The number of pyridine rings is 1. The number of hydrogen-bond donors (Lipinski definition) is 1. The maximum atomic E-state index is 11.2. The Morgan fingerprint density at radius 2 is 2.11 bits per heavy atom. The van der Waals surface area contributed by atoms with Crippen LogP contribution in [0.25, 0.3) is 0 Å². The van der Waals surface area contributed by atoms with E-state index in [2.05, 4.69) is 33.8 Å². The quantitative estimate of drug-likeness (QED) is 0.567. The largest absolute Gasteiger partial charge is 0.465 e. The molecule has 1 N–H and O–H groups in total. The highest BCUT2D eigenvalue weighted by atomic mass is 16.5. The minimum Gasteiger partial charge on any atom is -0.465 e. The molecule has 0 amide bonds. The first-order valence-corrected chi connectivity index (χ1v) is 6.67. The van der Waals surface area contributed by atoms with Gasteiger partial charge in [-0.3, -0.25) is 4.98 Å². The van der Waals surface area contributed by atoms with Gasteiger partial charge in [-0.1, -0.05) is 13.8 Å². The molecule has 0 spiro atoms. The first kappa shape index (κ1) is 15.6. The average Bonchev–Trinajstić information content (AvgIpc) is 2.47. The van der Waals surface area contributed by atoms with Crippen LogP contribution in [0.3, 0.4) is 0 Å². The maximum absolute atomic E-state index is 11.2. The van der Waals surface area contributed by atoms with Crippen molar-refractivity contribution in [3.05, 3.63) is 29.6 Å². The topological polar surface area (TPSA) is 54.5 Å². The van der Waals surface area contributed by atoms with Gasteiger partial charge in [0.15, 0.2) is 0 Å². The van der Waals surface area contributed by atoms with E-state index in [0.717, 1.165) is 31.9 Å². The smallest absolute Gasteiger partial charge is 0.339 e. The Morgan fingerprint density at radius 3 is 2.63 bits per heavy atom. The fourth-order valence-electron chi connectivity index (χ4n) is 1.76. The molecule has 1 aromatic rings. The molecule has 5 heteroatoms. The first-order chi connectivity index (χ1) is 9.21. The highest BCUT2D eigenvalue weighted by molar-refractivity contribution is 5.88. The summed E-state index contributed by atoms with van der Waals surface area (Å²) in [5.41, 5.74) is 1.40. The first-order valence-electron chi connectivity index (χ1n) is 6.67. The second-order valence-corrected chi connectivity index (χ2v) is 4.23. The fourth-order valence-corrected chi connectivity index (χ4v) is 1.76. The van der Waals surface area contributed by atoms with Crippen LogP contribution in [0.4, 0.5) is 0 Å².